The Labute approximate surface area is 254 Å². The maximum Gasteiger partial charge on any atom is 0.191 e. The van der Waals surface area contributed by atoms with E-state index in [4.69, 9.17) is 13.7 Å². The Hall–Kier alpha value is -0.816. The molecule has 0 radical (unpaired) electrons. The fourth-order valence-corrected chi connectivity index (χ4v) is 7.86. The smallest absolute Gasteiger partial charge is 0.191 e. The fourth-order valence-electron chi connectivity index (χ4n) is 3.41. The number of thiophene rings is 2. The summed E-state index contributed by atoms with van der Waals surface area (Å²) in [5, 5.41) is 17.1. The summed E-state index contributed by atoms with van der Waals surface area (Å²) in [6.07, 6.45) is 1.64. The minimum absolute atomic E-state index is 0.182. The molecule has 9 heteroatoms. The maximum absolute atomic E-state index is 12.3. The van der Waals surface area contributed by atoms with Crippen molar-refractivity contribution in [3.63, 3.8) is 0 Å². The average Bonchev–Trinajstić information content (AvgIpc) is 3.45. The van der Waals surface area contributed by atoms with Crippen LogP contribution in [-0.4, -0.2) is 46.3 Å². The molecule has 0 saturated heterocycles. The van der Waals surface area contributed by atoms with Gasteiger partial charge in [-0.2, -0.15) is 0 Å². The zero-order valence-electron chi connectivity index (χ0n) is 27.6. The van der Waals surface area contributed by atoms with Gasteiger partial charge in [0.15, 0.2) is 22.2 Å². The highest BCUT2D eigenvalue weighted by Gasteiger charge is 2.40. The van der Waals surface area contributed by atoms with Crippen LogP contribution < -0.4 is 0 Å². The van der Waals surface area contributed by atoms with Gasteiger partial charge in [0.2, 0.25) is 0 Å². The van der Waals surface area contributed by atoms with Gasteiger partial charge in [-0.15, -0.1) is 22.7 Å². The summed E-state index contributed by atoms with van der Waals surface area (Å²) >= 11 is 3.25. The van der Waals surface area contributed by atoms with Crippen molar-refractivity contribution in [2.24, 2.45) is 5.16 Å². The Morgan fingerprint density at radius 1 is 0.725 bits per heavy atom. The molecule has 0 bridgehead atoms. The van der Waals surface area contributed by atoms with Crippen LogP contribution in [0, 0.1) is 0 Å². The second-order valence-corrected chi connectivity index (χ2v) is 26.8. The number of aliphatic hydroxyl groups is 1. The van der Waals surface area contributed by atoms with E-state index >= 15 is 0 Å². The Bertz CT molecular complexity index is 1060. The van der Waals surface area contributed by atoms with E-state index < -0.39 is 27.8 Å². The molecule has 2 aromatic rings. The Morgan fingerprint density at radius 3 is 1.43 bits per heavy atom. The molecule has 0 spiro atoms. The van der Waals surface area contributed by atoms with E-state index in [9.17, 15) is 5.11 Å². The number of hydrogen-bond donors (Lipinski definition) is 1. The fraction of sp³-hybridized carbons (Fsp3) is 0.710. The van der Waals surface area contributed by atoms with Crippen molar-refractivity contribution in [2.45, 2.75) is 130 Å². The third-order valence-corrected chi connectivity index (χ3v) is 19.8. The van der Waals surface area contributed by atoms with Crippen molar-refractivity contribution in [2.75, 3.05) is 13.2 Å². The summed E-state index contributed by atoms with van der Waals surface area (Å²) in [7, 11) is -3.61. The molecule has 0 saturated carbocycles. The summed E-state index contributed by atoms with van der Waals surface area (Å²) in [4.78, 5) is 9.84. The lowest BCUT2D eigenvalue weighted by Gasteiger charge is -2.36. The Balaban J connectivity index is 2.30. The maximum atomic E-state index is 12.3. The number of nitrogens with zero attached hydrogens (tertiary/aromatic N) is 1. The van der Waals surface area contributed by atoms with Crippen LogP contribution in [0.4, 0.5) is 0 Å². The van der Waals surface area contributed by atoms with Crippen LogP contribution in [0.25, 0.3) is 0 Å². The predicted molar refractivity (Wildman–Crippen MR) is 179 cm³/mol. The van der Waals surface area contributed by atoms with Crippen molar-refractivity contribution < 1.29 is 18.8 Å². The van der Waals surface area contributed by atoms with E-state index in [-0.39, 0.29) is 10.1 Å². The van der Waals surface area contributed by atoms with E-state index in [2.05, 4.69) is 85.0 Å². The SMILES string of the molecule is C/C(=N\OC(C)(C)C)C(O)(c1ccc(CCO[Si](C)(C)C(C)(C)C)s1)c1ccc(CCO[Si](C)(C)C(C)(C)C)s1. The van der Waals surface area contributed by atoms with E-state index in [0.717, 1.165) is 22.6 Å². The number of oxime groups is 1. The number of rotatable bonds is 12. The highest BCUT2D eigenvalue weighted by Crippen LogP contribution is 2.41. The molecular weight excluding hydrogens is 571 g/mol. The van der Waals surface area contributed by atoms with Gasteiger partial charge in [-0.1, -0.05) is 46.7 Å². The van der Waals surface area contributed by atoms with Crippen molar-refractivity contribution in [1.82, 2.24) is 0 Å². The first-order valence-electron chi connectivity index (χ1n) is 14.4. The van der Waals surface area contributed by atoms with Gasteiger partial charge in [0.25, 0.3) is 0 Å². The topological polar surface area (TPSA) is 60.3 Å². The van der Waals surface area contributed by atoms with Gasteiger partial charge in [0.05, 0.1) is 5.71 Å². The minimum atomic E-state index is -1.81. The van der Waals surface area contributed by atoms with Crippen LogP contribution >= 0.6 is 22.7 Å². The molecule has 2 aromatic heterocycles. The van der Waals surface area contributed by atoms with Gasteiger partial charge in [0, 0.05) is 45.6 Å². The Morgan fingerprint density at radius 2 is 1.10 bits per heavy atom. The molecule has 0 atom stereocenters. The lowest BCUT2D eigenvalue weighted by atomic mass is 9.94. The molecule has 2 rings (SSSR count). The van der Waals surface area contributed by atoms with Crippen molar-refractivity contribution in [3.8, 4) is 0 Å². The lowest BCUT2D eigenvalue weighted by Crippen LogP contribution is -2.41. The zero-order valence-corrected chi connectivity index (χ0v) is 31.2. The molecule has 40 heavy (non-hydrogen) atoms. The summed E-state index contributed by atoms with van der Waals surface area (Å²) < 4.78 is 12.8. The first kappa shape index (κ1) is 35.4. The van der Waals surface area contributed by atoms with Crippen LogP contribution in [0.3, 0.4) is 0 Å². The second kappa shape index (κ2) is 12.8. The molecule has 0 aromatic carbocycles. The highest BCUT2D eigenvalue weighted by atomic mass is 32.1. The van der Waals surface area contributed by atoms with Crippen molar-refractivity contribution in [3.05, 3.63) is 43.8 Å². The van der Waals surface area contributed by atoms with Gasteiger partial charge in [0.1, 0.15) is 5.60 Å². The first-order valence-corrected chi connectivity index (χ1v) is 21.9. The molecule has 0 aliphatic carbocycles. The second-order valence-electron chi connectivity index (χ2n) is 14.8. The number of hydrogen-bond acceptors (Lipinski definition) is 7. The predicted octanol–water partition coefficient (Wildman–Crippen LogP) is 9.37. The Kier molecular flexibility index (Phi) is 11.3. The first-order chi connectivity index (χ1) is 18.0. The van der Waals surface area contributed by atoms with Gasteiger partial charge >= 0.3 is 0 Å². The van der Waals surface area contributed by atoms with E-state index in [1.165, 1.54) is 9.75 Å². The van der Waals surface area contributed by atoms with E-state index in [1.807, 2.05) is 39.8 Å². The van der Waals surface area contributed by atoms with Crippen LogP contribution in [0.5, 0.6) is 0 Å². The molecule has 0 amide bonds. The highest BCUT2D eigenvalue weighted by molar-refractivity contribution is 7.14. The van der Waals surface area contributed by atoms with Crippen molar-refractivity contribution in [1.29, 1.82) is 0 Å². The zero-order chi connectivity index (χ0) is 30.8. The van der Waals surface area contributed by atoms with E-state index in [0.29, 0.717) is 18.9 Å². The molecule has 0 fully saturated rings. The summed E-state index contributed by atoms with van der Waals surface area (Å²) in [5.74, 6) is 0. The largest absolute Gasteiger partial charge is 0.416 e. The van der Waals surface area contributed by atoms with Gasteiger partial charge in [-0.05, 0) is 88.2 Å². The average molecular weight is 626 g/mol. The minimum Gasteiger partial charge on any atom is -0.416 e. The van der Waals surface area contributed by atoms with Gasteiger partial charge < -0.3 is 18.8 Å². The molecule has 228 valence electrons. The van der Waals surface area contributed by atoms with Gasteiger partial charge in [-0.3, -0.25) is 0 Å². The summed E-state index contributed by atoms with van der Waals surface area (Å²) in [5.41, 5.74) is -1.29. The quantitative estimate of drug-likeness (QED) is 0.145. The molecule has 0 aliphatic heterocycles. The van der Waals surface area contributed by atoms with Crippen LogP contribution in [-0.2, 0) is 32.1 Å². The van der Waals surface area contributed by atoms with Crippen molar-refractivity contribution >= 4 is 45.0 Å². The molecule has 5 nitrogen and oxygen atoms in total. The molecular formula is C31H55NO4S2Si2. The normalized spacial score (nSPS) is 14.6. The van der Waals surface area contributed by atoms with E-state index in [1.54, 1.807) is 22.7 Å². The van der Waals surface area contributed by atoms with Gasteiger partial charge in [-0.25, -0.2) is 0 Å². The molecule has 0 aliphatic rings. The monoisotopic (exact) mass is 625 g/mol. The van der Waals surface area contributed by atoms with Crippen LogP contribution in [0.15, 0.2) is 29.4 Å². The van der Waals surface area contributed by atoms with Crippen LogP contribution in [0.1, 0.15) is 88.7 Å². The lowest BCUT2D eigenvalue weighted by molar-refractivity contribution is -0.00272. The molecule has 1 N–H and O–H groups in total. The standard InChI is InChI=1S/C31H55NO4S2Si2/c1-23(32-36-28(2,3)4)31(33,26-17-15-24(37-26)19-21-34-39(11,12)29(5,6)7)27-18-16-25(38-27)20-22-35-40(13,14)30(8,9)10/h15-18,33H,19-22H2,1-14H3/b32-23+. The molecule has 2 heterocycles. The summed E-state index contributed by atoms with van der Waals surface area (Å²) in [6, 6.07) is 8.28. The molecule has 0 unspecified atom stereocenters. The third-order valence-electron chi connectivity index (χ3n) is 8.25. The third kappa shape index (κ3) is 9.09. The summed E-state index contributed by atoms with van der Waals surface area (Å²) in [6.45, 7) is 31.8. The van der Waals surface area contributed by atoms with Crippen LogP contribution in [0.2, 0.25) is 36.3 Å².